The number of likely N-dealkylation sites (N-methyl/N-ethyl adjacent to an activating group) is 1. The molecular formula is C19H26N4O3. The second kappa shape index (κ2) is 8.42. The van der Waals surface area contributed by atoms with Gasteiger partial charge in [0, 0.05) is 44.5 Å². The first-order chi connectivity index (χ1) is 12.6. The molecule has 2 aromatic rings. The molecule has 7 nitrogen and oxygen atoms in total. The number of amides is 1. The first kappa shape index (κ1) is 18.5. The molecule has 26 heavy (non-hydrogen) atoms. The van der Waals surface area contributed by atoms with Crippen LogP contribution in [0.5, 0.6) is 0 Å². The second-order valence-corrected chi connectivity index (χ2v) is 6.91. The summed E-state index contributed by atoms with van der Waals surface area (Å²) in [5, 5.41) is 4.09. The fourth-order valence-corrected chi connectivity index (χ4v) is 3.09. The zero-order chi connectivity index (χ0) is 18.5. The van der Waals surface area contributed by atoms with E-state index >= 15 is 0 Å². The van der Waals surface area contributed by atoms with Crippen LogP contribution in [0, 0.1) is 0 Å². The fourth-order valence-electron chi connectivity index (χ4n) is 3.09. The third kappa shape index (κ3) is 4.28. The van der Waals surface area contributed by atoms with Crippen molar-refractivity contribution in [3.05, 3.63) is 47.6 Å². The van der Waals surface area contributed by atoms with Crippen LogP contribution in [0.25, 0.3) is 0 Å². The number of nitrogens with zero attached hydrogens (tertiary/aromatic N) is 4. The van der Waals surface area contributed by atoms with E-state index < -0.39 is 0 Å². The minimum atomic E-state index is -0.367. The van der Waals surface area contributed by atoms with Gasteiger partial charge in [-0.2, -0.15) is 0 Å². The maximum Gasteiger partial charge on any atom is 0.244 e. The lowest BCUT2D eigenvalue weighted by Gasteiger charge is -2.35. The molecule has 1 amide bonds. The molecular weight excluding hydrogens is 332 g/mol. The summed E-state index contributed by atoms with van der Waals surface area (Å²) in [6.07, 6.45) is 3.48. The topological polar surface area (TPSA) is 71.7 Å². The van der Waals surface area contributed by atoms with Gasteiger partial charge in [-0.05, 0) is 11.6 Å². The van der Waals surface area contributed by atoms with E-state index in [0.717, 1.165) is 30.1 Å². The molecule has 1 unspecified atom stereocenters. The van der Waals surface area contributed by atoms with Crippen LogP contribution in [0.3, 0.4) is 0 Å². The normalized spacial score (nSPS) is 16.6. The molecule has 1 atom stereocenters. The van der Waals surface area contributed by atoms with Gasteiger partial charge in [0.1, 0.15) is 17.5 Å². The van der Waals surface area contributed by atoms with Gasteiger partial charge in [-0.25, -0.2) is 0 Å². The van der Waals surface area contributed by atoms with Crippen LogP contribution in [0.4, 0.5) is 0 Å². The van der Waals surface area contributed by atoms with Crippen LogP contribution in [0.2, 0.25) is 0 Å². The monoisotopic (exact) mass is 358 g/mol. The Morgan fingerprint density at radius 1 is 1.35 bits per heavy atom. The lowest BCUT2D eigenvalue weighted by Crippen LogP contribution is -2.46. The van der Waals surface area contributed by atoms with E-state index in [1.165, 1.54) is 0 Å². The smallest absolute Gasteiger partial charge is 0.244 e. The maximum absolute atomic E-state index is 13.2. The number of rotatable bonds is 6. The zero-order valence-corrected chi connectivity index (χ0v) is 15.6. The fraction of sp³-hybridized carbons (Fsp3) is 0.526. The number of morpholine rings is 1. The van der Waals surface area contributed by atoms with Crippen molar-refractivity contribution >= 4 is 5.91 Å². The Labute approximate surface area is 153 Å². The standard InChI is InChI=1S/C19H26N4O3/c1-14(2)17-11-16(21-26-17)13-22(3)19(24)18(15-5-4-6-20-12-15)23-7-9-25-10-8-23/h4-6,11-12,14,18H,7-10,13H2,1-3H3. The van der Waals surface area contributed by atoms with Crippen molar-refractivity contribution in [3.63, 3.8) is 0 Å². The third-order valence-corrected chi connectivity index (χ3v) is 4.57. The van der Waals surface area contributed by atoms with E-state index in [1.807, 2.05) is 18.2 Å². The number of carbonyl (C=O) groups excluding carboxylic acids is 1. The van der Waals surface area contributed by atoms with Crippen LogP contribution in [0.15, 0.2) is 35.1 Å². The number of pyridine rings is 1. The maximum atomic E-state index is 13.2. The highest BCUT2D eigenvalue weighted by Crippen LogP contribution is 2.24. The first-order valence-electron chi connectivity index (χ1n) is 8.98. The molecule has 0 aliphatic carbocycles. The zero-order valence-electron chi connectivity index (χ0n) is 15.6. The summed E-state index contributed by atoms with van der Waals surface area (Å²) < 4.78 is 10.8. The molecule has 1 aliphatic heterocycles. The molecule has 1 aliphatic rings. The predicted octanol–water partition coefficient (Wildman–Crippen LogP) is 2.22. The van der Waals surface area contributed by atoms with Crippen LogP contribution < -0.4 is 0 Å². The van der Waals surface area contributed by atoms with Gasteiger partial charge >= 0.3 is 0 Å². The SMILES string of the molecule is CC(C)c1cc(CN(C)C(=O)C(c2cccnc2)N2CCOCC2)no1. The molecule has 140 valence electrons. The van der Waals surface area contributed by atoms with Crippen LogP contribution in [-0.2, 0) is 16.1 Å². The van der Waals surface area contributed by atoms with Crippen LogP contribution in [-0.4, -0.2) is 59.2 Å². The van der Waals surface area contributed by atoms with E-state index in [1.54, 1.807) is 24.3 Å². The molecule has 0 spiro atoms. The Morgan fingerprint density at radius 2 is 2.12 bits per heavy atom. The Morgan fingerprint density at radius 3 is 2.73 bits per heavy atom. The minimum Gasteiger partial charge on any atom is -0.379 e. The van der Waals surface area contributed by atoms with Gasteiger partial charge in [0.25, 0.3) is 0 Å². The Balaban J connectivity index is 1.77. The summed E-state index contributed by atoms with van der Waals surface area (Å²) in [6, 6.07) is 5.37. The first-order valence-corrected chi connectivity index (χ1v) is 8.98. The van der Waals surface area contributed by atoms with E-state index in [2.05, 4.69) is 28.9 Å². The lowest BCUT2D eigenvalue weighted by atomic mass is 10.1. The van der Waals surface area contributed by atoms with Crippen molar-refractivity contribution < 1.29 is 14.1 Å². The summed E-state index contributed by atoms with van der Waals surface area (Å²) in [5.74, 6) is 1.13. The molecule has 1 saturated heterocycles. The Hall–Kier alpha value is -2.25. The van der Waals surface area contributed by atoms with Gasteiger partial charge in [0.2, 0.25) is 5.91 Å². The van der Waals surface area contributed by atoms with E-state index in [-0.39, 0.29) is 17.9 Å². The average Bonchev–Trinajstić information content (AvgIpc) is 3.12. The van der Waals surface area contributed by atoms with E-state index in [0.29, 0.717) is 19.8 Å². The van der Waals surface area contributed by atoms with Gasteiger partial charge < -0.3 is 14.2 Å². The molecule has 0 N–H and O–H groups in total. The van der Waals surface area contributed by atoms with Crippen LogP contribution >= 0.6 is 0 Å². The molecule has 2 aromatic heterocycles. The largest absolute Gasteiger partial charge is 0.379 e. The summed E-state index contributed by atoms with van der Waals surface area (Å²) in [6.45, 7) is 7.23. The summed E-state index contributed by atoms with van der Waals surface area (Å²) in [4.78, 5) is 21.3. The quantitative estimate of drug-likeness (QED) is 0.788. The van der Waals surface area contributed by atoms with Crippen LogP contribution in [0.1, 0.15) is 42.8 Å². The molecule has 0 radical (unpaired) electrons. The summed E-state index contributed by atoms with van der Waals surface area (Å²) in [5.41, 5.74) is 1.66. The number of aromatic nitrogens is 2. The van der Waals surface area contributed by atoms with Gasteiger partial charge in [-0.15, -0.1) is 0 Å². The number of ether oxygens (including phenoxy) is 1. The minimum absolute atomic E-state index is 0.0222. The predicted molar refractivity (Wildman–Crippen MR) is 96.4 cm³/mol. The molecule has 0 bridgehead atoms. The van der Waals surface area contributed by atoms with Crippen molar-refractivity contribution in [1.29, 1.82) is 0 Å². The van der Waals surface area contributed by atoms with Crippen molar-refractivity contribution in [2.75, 3.05) is 33.4 Å². The molecule has 3 heterocycles. The highest BCUT2D eigenvalue weighted by molar-refractivity contribution is 5.83. The molecule has 3 rings (SSSR count). The van der Waals surface area contributed by atoms with E-state index in [9.17, 15) is 4.79 Å². The van der Waals surface area contributed by atoms with E-state index in [4.69, 9.17) is 9.26 Å². The van der Waals surface area contributed by atoms with Gasteiger partial charge in [0.05, 0.1) is 19.8 Å². The van der Waals surface area contributed by atoms with Crippen molar-refractivity contribution in [2.45, 2.75) is 32.4 Å². The van der Waals surface area contributed by atoms with Crippen molar-refractivity contribution in [1.82, 2.24) is 19.9 Å². The Kier molecular flexibility index (Phi) is 6.00. The lowest BCUT2D eigenvalue weighted by molar-refractivity contribution is -0.138. The molecule has 7 heteroatoms. The number of carbonyl (C=O) groups is 1. The van der Waals surface area contributed by atoms with Crippen molar-refractivity contribution in [2.24, 2.45) is 0 Å². The van der Waals surface area contributed by atoms with Gasteiger partial charge in [-0.3, -0.25) is 14.7 Å². The molecule has 1 fully saturated rings. The number of hydrogen-bond acceptors (Lipinski definition) is 6. The average molecular weight is 358 g/mol. The highest BCUT2D eigenvalue weighted by Gasteiger charge is 2.31. The highest BCUT2D eigenvalue weighted by atomic mass is 16.5. The summed E-state index contributed by atoms with van der Waals surface area (Å²) in [7, 11) is 1.80. The Bertz CT molecular complexity index is 711. The van der Waals surface area contributed by atoms with Gasteiger partial charge in [-0.1, -0.05) is 25.1 Å². The third-order valence-electron chi connectivity index (χ3n) is 4.57. The van der Waals surface area contributed by atoms with Gasteiger partial charge in [0.15, 0.2) is 0 Å². The summed E-state index contributed by atoms with van der Waals surface area (Å²) >= 11 is 0. The second-order valence-electron chi connectivity index (χ2n) is 6.91. The van der Waals surface area contributed by atoms with Crippen molar-refractivity contribution in [3.8, 4) is 0 Å². The molecule has 0 aromatic carbocycles. The number of hydrogen-bond donors (Lipinski definition) is 0. The molecule has 0 saturated carbocycles.